The van der Waals surface area contributed by atoms with Crippen LogP contribution >= 0.6 is 0 Å². The average Bonchev–Trinajstić information content (AvgIpc) is 2.59. The maximum absolute atomic E-state index is 11.2. The number of aromatic nitrogens is 1. The molecule has 1 aliphatic rings. The van der Waals surface area contributed by atoms with Gasteiger partial charge in [0.05, 0.1) is 7.11 Å². The van der Waals surface area contributed by atoms with Crippen molar-refractivity contribution in [3.8, 4) is 0 Å². The number of aryl methyl sites for hydroxylation is 2. The van der Waals surface area contributed by atoms with Crippen LogP contribution in [0.5, 0.6) is 0 Å². The molecule has 0 fully saturated rings. The topological polar surface area (TPSA) is 77.2 Å². The Bertz CT molecular complexity index is 505. The van der Waals surface area contributed by atoms with Crippen molar-refractivity contribution in [3.63, 3.8) is 0 Å². The summed E-state index contributed by atoms with van der Waals surface area (Å²) in [6.07, 6.45) is 9.73. The van der Waals surface area contributed by atoms with E-state index in [0.29, 0.717) is 6.42 Å². The Morgan fingerprint density at radius 3 is 2.91 bits per heavy atom. The number of anilines is 1. The maximum atomic E-state index is 11.2. The van der Waals surface area contributed by atoms with Crippen LogP contribution in [0.15, 0.2) is 12.1 Å². The molecule has 0 saturated heterocycles. The number of ether oxygens (including phenoxy) is 1. The molecule has 2 rings (SSSR count). The fraction of sp³-hybridized carbons (Fsp3) is 0.667. The summed E-state index contributed by atoms with van der Waals surface area (Å²) in [6, 6.07) is 3.92. The largest absolute Gasteiger partial charge is 0.468 e. The lowest BCUT2D eigenvalue weighted by Crippen LogP contribution is -2.31. The molecule has 0 bridgehead atoms. The van der Waals surface area contributed by atoms with Crippen molar-refractivity contribution in [1.82, 2.24) is 4.98 Å². The molecule has 0 aromatic carbocycles. The predicted octanol–water partition coefficient (Wildman–Crippen LogP) is 2.82. The Morgan fingerprint density at radius 1 is 1.30 bits per heavy atom. The smallest absolute Gasteiger partial charge is 0.322 e. The summed E-state index contributed by atoms with van der Waals surface area (Å²) in [5.74, 6) is 0.780. The van der Waals surface area contributed by atoms with E-state index in [0.717, 1.165) is 44.5 Å². The van der Waals surface area contributed by atoms with Gasteiger partial charge >= 0.3 is 5.97 Å². The molecule has 23 heavy (non-hydrogen) atoms. The van der Waals surface area contributed by atoms with Gasteiger partial charge in [-0.2, -0.15) is 0 Å². The van der Waals surface area contributed by atoms with Gasteiger partial charge in [0.15, 0.2) is 0 Å². The van der Waals surface area contributed by atoms with Crippen LogP contribution in [0.25, 0.3) is 0 Å². The highest BCUT2D eigenvalue weighted by molar-refractivity contribution is 5.75. The average molecular weight is 319 g/mol. The van der Waals surface area contributed by atoms with Gasteiger partial charge in [-0.25, -0.2) is 4.98 Å². The molecule has 5 heteroatoms. The molecule has 5 nitrogen and oxygen atoms in total. The minimum Gasteiger partial charge on any atom is -0.468 e. The zero-order valence-electron chi connectivity index (χ0n) is 14.1. The second kappa shape index (κ2) is 9.50. The first-order valence-electron chi connectivity index (χ1n) is 8.77. The van der Waals surface area contributed by atoms with Gasteiger partial charge < -0.3 is 15.8 Å². The van der Waals surface area contributed by atoms with Gasteiger partial charge in [-0.05, 0) is 43.7 Å². The minimum absolute atomic E-state index is 0.308. The summed E-state index contributed by atoms with van der Waals surface area (Å²) in [6.45, 7) is 1.04. The number of hydrogen-bond acceptors (Lipinski definition) is 5. The van der Waals surface area contributed by atoms with Crippen molar-refractivity contribution >= 4 is 11.8 Å². The summed E-state index contributed by atoms with van der Waals surface area (Å²) in [4.78, 5) is 15.9. The molecule has 0 radical (unpaired) electrons. The van der Waals surface area contributed by atoms with E-state index in [1.807, 2.05) is 0 Å². The first kappa shape index (κ1) is 17.7. The highest BCUT2D eigenvalue weighted by Gasteiger charge is 2.12. The Kier molecular flexibility index (Phi) is 7.33. The van der Waals surface area contributed by atoms with Gasteiger partial charge in [0, 0.05) is 12.2 Å². The van der Waals surface area contributed by atoms with Crippen LogP contribution < -0.4 is 11.1 Å². The minimum atomic E-state index is -0.466. The van der Waals surface area contributed by atoms with E-state index in [1.54, 1.807) is 0 Å². The predicted molar refractivity (Wildman–Crippen MR) is 92.4 cm³/mol. The van der Waals surface area contributed by atoms with Gasteiger partial charge in [-0.1, -0.05) is 31.7 Å². The number of pyridine rings is 1. The lowest BCUT2D eigenvalue weighted by Gasteiger charge is -2.17. The second-order valence-electron chi connectivity index (χ2n) is 6.28. The van der Waals surface area contributed by atoms with Crippen LogP contribution in [0.2, 0.25) is 0 Å². The fourth-order valence-electron chi connectivity index (χ4n) is 2.98. The third kappa shape index (κ3) is 5.82. The number of methoxy groups -OCH3 is 1. The van der Waals surface area contributed by atoms with Crippen molar-refractivity contribution in [2.45, 2.75) is 63.8 Å². The molecule has 1 aromatic rings. The van der Waals surface area contributed by atoms with E-state index >= 15 is 0 Å². The second-order valence-corrected chi connectivity index (χ2v) is 6.28. The third-order valence-electron chi connectivity index (χ3n) is 4.40. The quantitative estimate of drug-likeness (QED) is 0.540. The van der Waals surface area contributed by atoms with Crippen LogP contribution in [0.1, 0.15) is 56.2 Å². The molecule has 2 heterocycles. The van der Waals surface area contributed by atoms with Crippen molar-refractivity contribution in [2.24, 2.45) is 5.73 Å². The number of esters is 1. The molecule has 128 valence electrons. The monoisotopic (exact) mass is 319 g/mol. The maximum Gasteiger partial charge on any atom is 0.322 e. The molecule has 1 atom stereocenters. The first-order valence-corrected chi connectivity index (χ1v) is 8.77. The Hall–Kier alpha value is -1.62. The molecule has 3 N–H and O–H groups in total. The van der Waals surface area contributed by atoms with Gasteiger partial charge in [-0.15, -0.1) is 0 Å². The van der Waals surface area contributed by atoms with Crippen LogP contribution in [-0.4, -0.2) is 30.6 Å². The summed E-state index contributed by atoms with van der Waals surface area (Å²) >= 11 is 0. The van der Waals surface area contributed by atoms with E-state index < -0.39 is 6.04 Å². The summed E-state index contributed by atoms with van der Waals surface area (Å²) in [5.41, 5.74) is 8.25. The molecule has 1 aliphatic heterocycles. The van der Waals surface area contributed by atoms with E-state index in [9.17, 15) is 4.79 Å². The number of nitrogens with zero attached hydrogens (tertiary/aromatic N) is 1. The molecular formula is C18H29N3O2. The van der Waals surface area contributed by atoms with Crippen molar-refractivity contribution in [2.75, 3.05) is 19.0 Å². The van der Waals surface area contributed by atoms with Gasteiger partial charge in [0.1, 0.15) is 11.9 Å². The van der Waals surface area contributed by atoms with Gasteiger partial charge in [-0.3, -0.25) is 4.79 Å². The highest BCUT2D eigenvalue weighted by Crippen LogP contribution is 2.20. The SMILES string of the molecule is COC(=O)[C@H](N)CCCCCCCc1ccc2c(n1)NCCC2. The highest BCUT2D eigenvalue weighted by atomic mass is 16.5. The number of fused-ring (bicyclic) bond motifs is 1. The van der Waals surface area contributed by atoms with Crippen molar-refractivity contribution < 1.29 is 9.53 Å². The molecule has 0 unspecified atom stereocenters. The van der Waals surface area contributed by atoms with E-state index in [4.69, 9.17) is 10.7 Å². The Labute approximate surface area is 139 Å². The molecule has 0 saturated carbocycles. The zero-order chi connectivity index (χ0) is 16.5. The van der Waals surface area contributed by atoms with E-state index in [-0.39, 0.29) is 5.97 Å². The lowest BCUT2D eigenvalue weighted by molar-refractivity contribution is -0.142. The van der Waals surface area contributed by atoms with Gasteiger partial charge in [0.2, 0.25) is 0 Å². The van der Waals surface area contributed by atoms with Crippen LogP contribution in [0.3, 0.4) is 0 Å². The summed E-state index contributed by atoms with van der Waals surface area (Å²) in [5, 5.41) is 3.39. The third-order valence-corrected chi connectivity index (χ3v) is 4.40. The normalized spacial score (nSPS) is 14.7. The summed E-state index contributed by atoms with van der Waals surface area (Å²) < 4.78 is 4.62. The van der Waals surface area contributed by atoms with Crippen LogP contribution in [0, 0.1) is 0 Å². The first-order chi connectivity index (χ1) is 11.2. The standard InChI is InChI=1S/C18H29N3O2/c1-23-18(22)16(19)10-6-4-2-3-5-9-15-12-11-14-8-7-13-20-17(14)21-15/h11-12,16H,2-10,13,19H2,1H3,(H,20,21)/t16-/m1/s1. The Balaban J connectivity index is 1.56. The van der Waals surface area contributed by atoms with E-state index in [1.165, 1.54) is 37.6 Å². The summed E-state index contributed by atoms with van der Waals surface area (Å²) in [7, 11) is 1.38. The van der Waals surface area contributed by atoms with Gasteiger partial charge in [0.25, 0.3) is 0 Å². The number of rotatable bonds is 9. The number of nitrogens with two attached hydrogens (primary N) is 1. The molecule has 0 amide bonds. The zero-order valence-corrected chi connectivity index (χ0v) is 14.1. The Morgan fingerprint density at radius 2 is 2.09 bits per heavy atom. The number of nitrogens with one attached hydrogen (secondary N) is 1. The number of unbranched alkanes of at least 4 members (excludes halogenated alkanes) is 4. The molecular weight excluding hydrogens is 290 g/mol. The van der Waals surface area contributed by atoms with Crippen LogP contribution in [-0.2, 0) is 22.4 Å². The van der Waals surface area contributed by atoms with Crippen molar-refractivity contribution in [1.29, 1.82) is 0 Å². The van der Waals surface area contributed by atoms with E-state index in [2.05, 4.69) is 22.2 Å². The fourth-order valence-corrected chi connectivity index (χ4v) is 2.98. The molecule has 1 aromatic heterocycles. The molecule has 0 aliphatic carbocycles. The lowest BCUT2D eigenvalue weighted by atomic mass is 10.0. The number of hydrogen-bond donors (Lipinski definition) is 2. The number of carbonyl (C=O) groups excluding carboxylic acids is 1. The molecule has 0 spiro atoms. The van der Waals surface area contributed by atoms with Crippen molar-refractivity contribution in [3.05, 3.63) is 23.4 Å². The number of carbonyl (C=O) groups is 1. The van der Waals surface area contributed by atoms with Crippen LogP contribution in [0.4, 0.5) is 5.82 Å².